The molecule has 1 aromatic heterocycles. The lowest BCUT2D eigenvalue weighted by atomic mass is 9.83. The fourth-order valence-corrected chi connectivity index (χ4v) is 5.05. The normalized spacial score (nSPS) is 14.2. The summed E-state index contributed by atoms with van der Waals surface area (Å²) in [7, 11) is 0. The lowest BCUT2D eigenvalue weighted by Crippen LogP contribution is -2.21. The lowest BCUT2D eigenvalue weighted by molar-refractivity contribution is 0.0702. The molecule has 0 saturated heterocycles. The van der Waals surface area contributed by atoms with Crippen molar-refractivity contribution in [1.82, 2.24) is 0 Å². The van der Waals surface area contributed by atoms with Gasteiger partial charge in [0.25, 0.3) is 0 Å². The highest BCUT2D eigenvalue weighted by Gasteiger charge is 2.31. The van der Waals surface area contributed by atoms with Crippen molar-refractivity contribution in [3.63, 3.8) is 0 Å². The summed E-state index contributed by atoms with van der Waals surface area (Å²) in [6.45, 7) is 5.85. The van der Waals surface area contributed by atoms with Crippen LogP contribution in [0.3, 0.4) is 0 Å². The van der Waals surface area contributed by atoms with Gasteiger partial charge in [0.1, 0.15) is 40.2 Å². The smallest absolute Gasteiger partial charge is 0.379 e. The largest absolute Gasteiger partial charge is 0.457 e. The predicted octanol–water partition coefficient (Wildman–Crippen LogP) is 7.59. The Balaban J connectivity index is 1.31. The molecule has 5 aromatic rings. The zero-order valence-corrected chi connectivity index (χ0v) is 22.7. The molecule has 0 bridgehead atoms. The highest BCUT2D eigenvalue weighted by molar-refractivity contribution is 5.97. The number of fused-ring (bicyclic) bond motifs is 2. The molecule has 0 radical (unpaired) electrons. The number of nitrogens with two attached hydrogens (primary N) is 1. The van der Waals surface area contributed by atoms with E-state index < -0.39 is 11.9 Å². The SMILES string of the molecule is Cc1cc2oc(C(=O)Oc3ccc4c(c3)OC(N)=C(C#N)C4c3cccc(Oc4ccccc4)c3)c(C)c2cc1C. The standard InChI is InChI=1S/C34H26N2O5/c1-19-14-27-21(3)32(40-29(27)15-20(19)2)34(37)39-25-12-13-26-30(17-25)41-33(36)28(18-35)31(26)22-8-7-11-24(16-22)38-23-9-5-4-6-10-23/h4-17,31H,36H2,1-3H3. The summed E-state index contributed by atoms with van der Waals surface area (Å²) in [5.41, 5.74) is 11.5. The highest BCUT2D eigenvalue weighted by Crippen LogP contribution is 2.44. The molecule has 0 amide bonds. The average molecular weight is 543 g/mol. The first-order chi connectivity index (χ1) is 19.8. The number of nitriles is 1. The molecule has 7 nitrogen and oxygen atoms in total. The first-order valence-corrected chi connectivity index (χ1v) is 13.1. The molecule has 1 unspecified atom stereocenters. The van der Waals surface area contributed by atoms with Crippen molar-refractivity contribution in [3.05, 3.63) is 130 Å². The van der Waals surface area contributed by atoms with Crippen molar-refractivity contribution in [1.29, 1.82) is 5.26 Å². The van der Waals surface area contributed by atoms with Gasteiger partial charge in [-0.15, -0.1) is 0 Å². The number of hydrogen-bond donors (Lipinski definition) is 1. The van der Waals surface area contributed by atoms with Gasteiger partial charge in [0.05, 0.1) is 5.92 Å². The van der Waals surface area contributed by atoms with Crippen LogP contribution in [0.25, 0.3) is 11.0 Å². The maximum atomic E-state index is 13.1. The topological polar surface area (TPSA) is 108 Å². The monoisotopic (exact) mass is 542 g/mol. The molecule has 0 fully saturated rings. The Morgan fingerprint density at radius 2 is 1.63 bits per heavy atom. The summed E-state index contributed by atoms with van der Waals surface area (Å²) in [5, 5.41) is 10.8. The van der Waals surface area contributed by atoms with Gasteiger partial charge in [0.15, 0.2) is 0 Å². The van der Waals surface area contributed by atoms with Gasteiger partial charge < -0.3 is 24.4 Å². The molecule has 0 saturated carbocycles. The molecule has 2 heterocycles. The van der Waals surface area contributed by atoms with Crippen LogP contribution < -0.4 is 19.9 Å². The van der Waals surface area contributed by atoms with Gasteiger partial charge >= 0.3 is 5.97 Å². The van der Waals surface area contributed by atoms with Crippen molar-refractivity contribution >= 4 is 16.9 Å². The first-order valence-electron chi connectivity index (χ1n) is 13.1. The first kappa shape index (κ1) is 25.8. The molecule has 1 atom stereocenters. The van der Waals surface area contributed by atoms with Gasteiger partial charge in [-0.2, -0.15) is 5.26 Å². The van der Waals surface area contributed by atoms with Crippen molar-refractivity contribution in [2.45, 2.75) is 26.7 Å². The summed E-state index contributed by atoms with van der Waals surface area (Å²) in [4.78, 5) is 13.1. The zero-order valence-electron chi connectivity index (χ0n) is 22.7. The number of esters is 1. The molecule has 6 rings (SSSR count). The number of nitrogens with zero attached hydrogens (tertiary/aromatic N) is 1. The van der Waals surface area contributed by atoms with E-state index >= 15 is 0 Å². The zero-order chi connectivity index (χ0) is 28.7. The predicted molar refractivity (Wildman–Crippen MR) is 154 cm³/mol. The van der Waals surface area contributed by atoms with Crippen LogP contribution in [0.15, 0.2) is 101 Å². The number of aryl methyl sites for hydroxylation is 3. The van der Waals surface area contributed by atoms with Gasteiger partial charge in [-0.05, 0) is 79.9 Å². The van der Waals surface area contributed by atoms with E-state index in [9.17, 15) is 10.1 Å². The molecule has 4 aromatic carbocycles. The second kappa shape index (κ2) is 10.2. The van der Waals surface area contributed by atoms with Crippen molar-refractivity contribution in [2.24, 2.45) is 5.73 Å². The fourth-order valence-electron chi connectivity index (χ4n) is 5.05. The van der Waals surface area contributed by atoms with E-state index in [1.54, 1.807) is 18.2 Å². The Bertz CT molecular complexity index is 1900. The van der Waals surface area contributed by atoms with E-state index in [1.165, 1.54) is 0 Å². The van der Waals surface area contributed by atoms with Gasteiger partial charge in [0, 0.05) is 22.6 Å². The maximum Gasteiger partial charge on any atom is 0.379 e. The Kier molecular flexibility index (Phi) is 6.44. The molecule has 41 heavy (non-hydrogen) atoms. The Labute approximate surface area is 237 Å². The van der Waals surface area contributed by atoms with Crippen LogP contribution in [-0.2, 0) is 0 Å². The molecule has 1 aliphatic heterocycles. The van der Waals surface area contributed by atoms with Crippen LogP contribution in [0.4, 0.5) is 0 Å². The third-order valence-corrected chi connectivity index (χ3v) is 7.31. The van der Waals surface area contributed by atoms with E-state index in [0.29, 0.717) is 34.0 Å². The van der Waals surface area contributed by atoms with Crippen molar-refractivity contribution < 1.29 is 23.4 Å². The quantitative estimate of drug-likeness (QED) is 0.180. The number of furan rings is 1. The number of allylic oxidation sites excluding steroid dienone is 1. The van der Waals surface area contributed by atoms with Crippen LogP contribution in [0.5, 0.6) is 23.0 Å². The fraction of sp³-hybridized carbons (Fsp3) is 0.118. The van der Waals surface area contributed by atoms with Crippen LogP contribution in [0, 0.1) is 32.1 Å². The number of ether oxygens (including phenoxy) is 3. The molecular formula is C34H26N2O5. The van der Waals surface area contributed by atoms with Gasteiger partial charge in [-0.3, -0.25) is 0 Å². The molecule has 202 valence electrons. The minimum Gasteiger partial charge on any atom is -0.457 e. The van der Waals surface area contributed by atoms with E-state index in [0.717, 1.165) is 22.1 Å². The molecule has 1 aliphatic rings. The van der Waals surface area contributed by atoms with Gasteiger partial charge in [-0.1, -0.05) is 36.4 Å². The Morgan fingerprint density at radius 3 is 2.41 bits per heavy atom. The lowest BCUT2D eigenvalue weighted by Gasteiger charge is -2.27. The third kappa shape index (κ3) is 4.77. The molecule has 0 aliphatic carbocycles. The van der Waals surface area contributed by atoms with Crippen molar-refractivity contribution in [2.75, 3.05) is 0 Å². The van der Waals surface area contributed by atoms with Crippen LogP contribution in [0.2, 0.25) is 0 Å². The van der Waals surface area contributed by atoms with E-state index in [2.05, 4.69) is 6.07 Å². The molecule has 0 spiro atoms. The number of carbonyl (C=O) groups is 1. The van der Waals surface area contributed by atoms with Crippen LogP contribution in [-0.4, -0.2) is 5.97 Å². The minimum absolute atomic E-state index is 0.0123. The number of benzene rings is 4. The molecular weight excluding hydrogens is 516 g/mol. The highest BCUT2D eigenvalue weighted by atomic mass is 16.5. The Morgan fingerprint density at radius 1 is 0.878 bits per heavy atom. The van der Waals surface area contributed by atoms with Gasteiger partial charge in [0.2, 0.25) is 11.6 Å². The average Bonchev–Trinajstić information content (AvgIpc) is 3.28. The molecule has 7 heteroatoms. The van der Waals surface area contributed by atoms with Crippen LogP contribution >= 0.6 is 0 Å². The van der Waals surface area contributed by atoms with E-state index in [4.69, 9.17) is 24.4 Å². The maximum absolute atomic E-state index is 13.1. The minimum atomic E-state index is -0.617. The van der Waals surface area contributed by atoms with Crippen molar-refractivity contribution in [3.8, 4) is 29.1 Å². The van der Waals surface area contributed by atoms with Gasteiger partial charge in [-0.25, -0.2) is 4.79 Å². The summed E-state index contributed by atoms with van der Waals surface area (Å²) in [6.07, 6.45) is 0. The number of hydrogen-bond acceptors (Lipinski definition) is 7. The number of carbonyl (C=O) groups excluding carboxylic acids is 1. The summed E-state index contributed by atoms with van der Waals surface area (Å²) in [5.74, 6) is 0.974. The number of rotatable bonds is 5. The molecule has 2 N–H and O–H groups in total. The summed E-state index contributed by atoms with van der Waals surface area (Å²) >= 11 is 0. The second-order valence-electron chi connectivity index (χ2n) is 9.99. The summed E-state index contributed by atoms with van der Waals surface area (Å²) in [6, 6.07) is 28.1. The third-order valence-electron chi connectivity index (χ3n) is 7.31. The second-order valence-corrected chi connectivity index (χ2v) is 9.99. The Hall–Kier alpha value is -5.48. The number of para-hydroxylation sites is 1. The van der Waals surface area contributed by atoms with E-state index in [-0.39, 0.29) is 23.0 Å². The van der Waals surface area contributed by atoms with E-state index in [1.807, 2.05) is 87.5 Å². The summed E-state index contributed by atoms with van der Waals surface area (Å²) < 4.78 is 23.4. The van der Waals surface area contributed by atoms with Crippen LogP contribution in [0.1, 0.15) is 44.3 Å².